The lowest BCUT2D eigenvalue weighted by atomic mass is 10.1. The number of halogens is 1. The SMILES string of the molecule is COC(=O)Oc1c(C)nc2ccc(Br)cc2c1N. The first-order valence-corrected chi connectivity index (χ1v) is 5.93. The van der Waals surface area contributed by atoms with Gasteiger partial charge in [0.15, 0.2) is 5.75 Å². The van der Waals surface area contributed by atoms with E-state index in [1.54, 1.807) is 6.92 Å². The number of nitrogen functional groups attached to an aromatic ring is 1. The number of ether oxygens (including phenoxy) is 2. The smallest absolute Gasteiger partial charge is 0.437 e. The van der Waals surface area contributed by atoms with Gasteiger partial charge in [-0.25, -0.2) is 9.78 Å². The molecule has 6 heteroatoms. The number of carbonyl (C=O) groups excluding carboxylic acids is 1. The van der Waals surface area contributed by atoms with Crippen molar-refractivity contribution in [1.82, 2.24) is 4.98 Å². The second kappa shape index (κ2) is 4.81. The quantitative estimate of drug-likeness (QED) is 0.819. The van der Waals surface area contributed by atoms with E-state index in [1.165, 1.54) is 7.11 Å². The lowest BCUT2D eigenvalue weighted by Crippen LogP contribution is -2.11. The van der Waals surface area contributed by atoms with E-state index in [0.29, 0.717) is 16.8 Å². The largest absolute Gasteiger partial charge is 0.513 e. The van der Waals surface area contributed by atoms with E-state index >= 15 is 0 Å². The van der Waals surface area contributed by atoms with Crippen LogP contribution in [0.2, 0.25) is 0 Å². The second-order valence-corrected chi connectivity index (χ2v) is 4.57. The van der Waals surface area contributed by atoms with E-state index < -0.39 is 6.16 Å². The highest BCUT2D eigenvalue weighted by Crippen LogP contribution is 2.33. The number of benzene rings is 1. The first-order valence-electron chi connectivity index (χ1n) is 5.14. The highest BCUT2D eigenvalue weighted by molar-refractivity contribution is 9.10. The van der Waals surface area contributed by atoms with E-state index in [9.17, 15) is 4.79 Å². The van der Waals surface area contributed by atoms with Crippen LogP contribution in [0.25, 0.3) is 10.9 Å². The number of anilines is 1. The lowest BCUT2D eigenvalue weighted by molar-refractivity contribution is 0.121. The van der Waals surface area contributed by atoms with E-state index in [-0.39, 0.29) is 5.75 Å². The van der Waals surface area contributed by atoms with Crippen LogP contribution in [0.15, 0.2) is 22.7 Å². The summed E-state index contributed by atoms with van der Waals surface area (Å²) in [5.41, 5.74) is 7.64. The molecule has 0 saturated heterocycles. The molecule has 2 N–H and O–H groups in total. The zero-order valence-corrected chi connectivity index (χ0v) is 11.4. The van der Waals surface area contributed by atoms with E-state index in [1.807, 2.05) is 18.2 Å². The van der Waals surface area contributed by atoms with Gasteiger partial charge < -0.3 is 15.2 Å². The Bertz CT molecular complexity index is 628. The van der Waals surface area contributed by atoms with Gasteiger partial charge in [-0.05, 0) is 25.1 Å². The van der Waals surface area contributed by atoms with Gasteiger partial charge in [0.25, 0.3) is 0 Å². The third kappa shape index (κ3) is 2.24. The molecular weight excluding hydrogens is 300 g/mol. The van der Waals surface area contributed by atoms with Gasteiger partial charge in [-0.3, -0.25) is 0 Å². The van der Waals surface area contributed by atoms with E-state index in [2.05, 4.69) is 25.7 Å². The number of nitrogens with zero attached hydrogens (tertiary/aromatic N) is 1. The molecule has 1 aromatic carbocycles. The lowest BCUT2D eigenvalue weighted by Gasteiger charge is -2.11. The van der Waals surface area contributed by atoms with Gasteiger partial charge >= 0.3 is 6.16 Å². The molecule has 18 heavy (non-hydrogen) atoms. The Morgan fingerprint density at radius 2 is 2.17 bits per heavy atom. The number of methoxy groups -OCH3 is 1. The fourth-order valence-corrected chi connectivity index (χ4v) is 1.99. The van der Waals surface area contributed by atoms with Crippen LogP contribution in [0, 0.1) is 6.92 Å². The van der Waals surface area contributed by atoms with Gasteiger partial charge in [-0.1, -0.05) is 15.9 Å². The molecule has 5 nitrogen and oxygen atoms in total. The Morgan fingerprint density at radius 1 is 1.44 bits per heavy atom. The van der Waals surface area contributed by atoms with Crippen LogP contribution in [0.5, 0.6) is 5.75 Å². The maximum atomic E-state index is 11.2. The summed E-state index contributed by atoms with van der Waals surface area (Å²) < 4.78 is 10.3. The molecule has 0 aliphatic carbocycles. The van der Waals surface area contributed by atoms with Crippen molar-refractivity contribution < 1.29 is 14.3 Å². The van der Waals surface area contributed by atoms with Crippen LogP contribution in [0.4, 0.5) is 10.5 Å². The molecule has 1 aromatic heterocycles. The van der Waals surface area contributed by atoms with Crippen molar-refractivity contribution in [3.63, 3.8) is 0 Å². The third-order valence-electron chi connectivity index (χ3n) is 2.46. The molecule has 0 saturated carbocycles. The van der Waals surface area contributed by atoms with Gasteiger partial charge in [0, 0.05) is 9.86 Å². The van der Waals surface area contributed by atoms with Gasteiger partial charge in [0.2, 0.25) is 0 Å². The topological polar surface area (TPSA) is 74.4 Å². The standard InChI is InChI=1S/C12H11BrN2O3/c1-6-11(18-12(16)17-2)10(14)8-5-7(13)3-4-9(8)15-6/h3-5H,1-2H3,(H2,14,15). The number of carbonyl (C=O) groups is 1. The summed E-state index contributed by atoms with van der Waals surface area (Å²) in [4.78, 5) is 15.5. The zero-order chi connectivity index (χ0) is 13.3. The predicted octanol–water partition coefficient (Wildman–Crippen LogP) is 3.03. The van der Waals surface area contributed by atoms with Crippen LogP contribution in [-0.2, 0) is 4.74 Å². The number of nitrogens with two attached hydrogens (primary N) is 1. The number of aromatic nitrogens is 1. The van der Waals surface area contributed by atoms with Crippen molar-refractivity contribution >= 4 is 38.7 Å². The highest BCUT2D eigenvalue weighted by atomic mass is 79.9. The van der Waals surface area contributed by atoms with Crippen molar-refractivity contribution in [1.29, 1.82) is 0 Å². The number of fused-ring (bicyclic) bond motifs is 1. The van der Waals surface area contributed by atoms with E-state index in [0.717, 1.165) is 9.99 Å². The van der Waals surface area contributed by atoms with Gasteiger partial charge in [-0.2, -0.15) is 0 Å². The molecule has 0 amide bonds. The molecule has 2 rings (SSSR count). The van der Waals surface area contributed by atoms with Crippen molar-refractivity contribution in [2.75, 3.05) is 12.8 Å². The summed E-state index contributed by atoms with van der Waals surface area (Å²) in [6.07, 6.45) is -0.819. The Morgan fingerprint density at radius 3 is 2.83 bits per heavy atom. The van der Waals surface area contributed by atoms with Crippen molar-refractivity contribution in [3.05, 3.63) is 28.4 Å². The normalized spacial score (nSPS) is 10.4. The van der Waals surface area contributed by atoms with E-state index in [4.69, 9.17) is 10.5 Å². The summed E-state index contributed by atoms with van der Waals surface area (Å²) in [6, 6.07) is 5.53. The molecule has 2 aromatic rings. The molecule has 0 fully saturated rings. The van der Waals surface area contributed by atoms with Crippen LogP contribution >= 0.6 is 15.9 Å². The Labute approximate surface area is 112 Å². The minimum absolute atomic E-state index is 0.229. The Kier molecular flexibility index (Phi) is 3.38. The number of pyridine rings is 1. The van der Waals surface area contributed by atoms with Gasteiger partial charge in [-0.15, -0.1) is 0 Å². The number of hydrogen-bond acceptors (Lipinski definition) is 5. The Balaban J connectivity index is 2.63. The average Bonchev–Trinajstić information content (AvgIpc) is 2.35. The summed E-state index contributed by atoms with van der Waals surface area (Å²) in [7, 11) is 1.24. The summed E-state index contributed by atoms with van der Waals surface area (Å²) in [5.74, 6) is 0.229. The fourth-order valence-electron chi connectivity index (χ4n) is 1.62. The van der Waals surface area contributed by atoms with Crippen molar-refractivity contribution in [2.24, 2.45) is 0 Å². The zero-order valence-electron chi connectivity index (χ0n) is 9.86. The molecule has 94 valence electrons. The summed E-state index contributed by atoms with van der Waals surface area (Å²) in [6.45, 7) is 1.72. The monoisotopic (exact) mass is 310 g/mol. The van der Waals surface area contributed by atoms with Gasteiger partial charge in [0.05, 0.1) is 24.0 Å². The first-order chi connectivity index (χ1) is 8.52. The highest BCUT2D eigenvalue weighted by Gasteiger charge is 2.15. The first kappa shape index (κ1) is 12.6. The molecule has 0 spiro atoms. The molecule has 0 bridgehead atoms. The number of rotatable bonds is 1. The number of aryl methyl sites for hydroxylation is 1. The molecule has 0 unspecified atom stereocenters. The van der Waals surface area contributed by atoms with Crippen LogP contribution in [0.3, 0.4) is 0 Å². The molecular formula is C12H11BrN2O3. The Hall–Kier alpha value is -1.82. The van der Waals surface area contributed by atoms with Crippen molar-refractivity contribution in [2.45, 2.75) is 6.92 Å². The minimum Gasteiger partial charge on any atom is -0.437 e. The average molecular weight is 311 g/mol. The maximum absolute atomic E-state index is 11.2. The van der Waals surface area contributed by atoms with Crippen LogP contribution in [0.1, 0.15) is 5.69 Å². The minimum atomic E-state index is -0.819. The van der Waals surface area contributed by atoms with Crippen LogP contribution in [-0.4, -0.2) is 18.2 Å². The van der Waals surface area contributed by atoms with Crippen LogP contribution < -0.4 is 10.5 Å². The molecule has 1 heterocycles. The molecule has 0 aliphatic heterocycles. The summed E-state index contributed by atoms with van der Waals surface area (Å²) >= 11 is 3.36. The summed E-state index contributed by atoms with van der Waals surface area (Å²) in [5, 5.41) is 0.717. The van der Waals surface area contributed by atoms with Crippen molar-refractivity contribution in [3.8, 4) is 5.75 Å². The third-order valence-corrected chi connectivity index (χ3v) is 2.96. The predicted molar refractivity (Wildman–Crippen MR) is 71.6 cm³/mol. The van der Waals surface area contributed by atoms with Gasteiger partial charge in [0.1, 0.15) is 0 Å². The molecule has 0 aliphatic rings. The maximum Gasteiger partial charge on any atom is 0.513 e. The second-order valence-electron chi connectivity index (χ2n) is 3.66. The molecule has 0 radical (unpaired) electrons. The molecule has 0 atom stereocenters. The fraction of sp³-hybridized carbons (Fsp3) is 0.167. The number of hydrogen-bond donors (Lipinski definition) is 1.